The number of carboxylic acids is 1. The van der Waals surface area contributed by atoms with Gasteiger partial charge in [-0.1, -0.05) is 0 Å². The van der Waals surface area contributed by atoms with Gasteiger partial charge in [0.2, 0.25) is 0 Å². The van der Waals surface area contributed by atoms with Crippen LogP contribution in [0.5, 0.6) is 0 Å². The quantitative estimate of drug-likeness (QED) is 0.714. The van der Waals surface area contributed by atoms with E-state index in [2.05, 4.69) is 30.7 Å². The van der Waals surface area contributed by atoms with Crippen molar-refractivity contribution in [1.29, 1.82) is 0 Å². The molecule has 0 fully saturated rings. The topological polar surface area (TPSA) is 119 Å². The van der Waals surface area contributed by atoms with E-state index in [1.165, 1.54) is 17.2 Å². The number of nitrogens with zero attached hydrogens (tertiary/aromatic N) is 6. The van der Waals surface area contributed by atoms with Gasteiger partial charge in [-0.15, -0.1) is 10.2 Å². The van der Waals surface area contributed by atoms with Gasteiger partial charge < -0.3 is 10.4 Å². The smallest absolute Gasteiger partial charge is 0.358 e. The normalized spacial score (nSPS) is 10.2. The summed E-state index contributed by atoms with van der Waals surface area (Å²) < 4.78 is 0. The Morgan fingerprint density at radius 2 is 2.24 bits per heavy atom. The number of nitrogens with one attached hydrogen (secondary N) is 1. The van der Waals surface area contributed by atoms with Gasteiger partial charge in [-0.3, -0.25) is 0 Å². The molecule has 2 heterocycles. The molecule has 2 aromatic rings. The highest BCUT2D eigenvalue weighted by atomic mass is 16.4. The molecule has 2 aromatic heterocycles. The summed E-state index contributed by atoms with van der Waals surface area (Å²) in [7, 11) is 1.64. The number of anilines is 1. The molecule has 0 amide bonds. The number of hydrogen-bond donors (Lipinski definition) is 2. The molecule has 2 rings (SSSR count). The van der Waals surface area contributed by atoms with E-state index in [-0.39, 0.29) is 18.1 Å². The molecule has 0 spiro atoms. The summed E-state index contributed by atoms with van der Waals surface area (Å²) in [4.78, 5) is 19.8. The predicted octanol–water partition coefficient (Wildman–Crippen LogP) is -0.690. The summed E-state index contributed by atoms with van der Waals surface area (Å²) >= 11 is 0. The van der Waals surface area contributed by atoms with E-state index < -0.39 is 5.97 Å². The summed E-state index contributed by atoms with van der Waals surface area (Å²) in [5.41, 5.74) is -0.142. The third-order valence-corrected chi connectivity index (χ3v) is 1.86. The summed E-state index contributed by atoms with van der Waals surface area (Å²) in [6, 6.07) is 0. The number of aromatic nitrogens is 6. The van der Waals surface area contributed by atoms with Crippen LogP contribution >= 0.6 is 0 Å². The molecule has 0 aliphatic rings. The SMILES string of the molecule is Cn1nnc(CNc2nccnc2C(=O)O)n1. The van der Waals surface area contributed by atoms with Crippen LogP contribution in [0.2, 0.25) is 0 Å². The van der Waals surface area contributed by atoms with Crippen LogP contribution in [-0.2, 0) is 13.6 Å². The van der Waals surface area contributed by atoms with Gasteiger partial charge in [-0.05, 0) is 5.21 Å². The first-order chi connectivity index (χ1) is 8.16. The van der Waals surface area contributed by atoms with E-state index in [4.69, 9.17) is 5.11 Å². The van der Waals surface area contributed by atoms with Gasteiger partial charge in [0.15, 0.2) is 17.3 Å². The summed E-state index contributed by atoms with van der Waals surface area (Å²) in [6.45, 7) is 0.229. The Kier molecular flexibility index (Phi) is 2.90. The Hall–Kier alpha value is -2.58. The van der Waals surface area contributed by atoms with Gasteiger partial charge in [-0.2, -0.15) is 4.80 Å². The first-order valence-corrected chi connectivity index (χ1v) is 4.68. The number of aryl methyl sites for hydroxylation is 1. The minimum atomic E-state index is -1.15. The van der Waals surface area contributed by atoms with E-state index >= 15 is 0 Å². The first kappa shape index (κ1) is 10.9. The molecular weight excluding hydrogens is 226 g/mol. The van der Waals surface area contributed by atoms with Crippen molar-refractivity contribution in [3.63, 3.8) is 0 Å². The number of carboxylic acid groups (broad SMARTS) is 1. The van der Waals surface area contributed by atoms with Gasteiger partial charge in [0.25, 0.3) is 0 Å². The minimum Gasteiger partial charge on any atom is -0.476 e. The van der Waals surface area contributed by atoms with Crippen LogP contribution in [0.15, 0.2) is 12.4 Å². The maximum Gasteiger partial charge on any atom is 0.358 e. The second-order valence-electron chi connectivity index (χ2n) is 3.11. The van der Waals surface area contributed by atoms with Crippen molar-refractivity contribution >= 4 is 11.8 Å². The van der Waals surface area contributed by atoms with Gasteiger partial charge in [0.1, 0.15) is 0 Å². The van der Waals surface area contributed by atoms with Crippen molar-refractivity contribution in [2.24, 2.45) is 7.05 Å². The lowest BCUT2D eigenvalue weighted by atomic mass is 10.4. The monoisotopic (exact) mass is 235 g/mol. The standard InChI is InChI=1S/C8H9N7O2/c1-15-13-5(12-14-15)4-11-7-6(8(16)17)9-2-3-10-7/h2-3H,4H2,1H3,(H,10,11)(H,16,17). The van der Waals surface area contributed by atoms with E-state index in [0.717, 1.165) is 0 Å². The molecule has 0 saturated carbocycles. The molecule has 2 N–H and O–H groups in total. The van der Waals surface area contributed by atoms with E-state index in [0.29, 0.717) is 5.82 Å². The number of tetrazole rings is 1. The average Bonchev–Trinajstić information content (AvgIpc) is 2.73. The summed E-state index contributed by atoms with van der Waals surface area (Å²) in [5.74, 6) is -0.533. The summed E-state index contributed by atoms with van der Waals surface area (Å²) in [6.07, 6.45) is 2.72. The molecule has 0 radical (unpaired) electrons. The molecule has 0 unspecified atom stereocenters. The summed E-state index contributed by atoms with van der Waals surface area (Å²) in [5, 5.41) is 23.0. The maximum atomic E-state index is 10.8. The highest BCUT2D eigenvalue weighted by Gasteiger charge is 2.12. The molecule has 0 aromatic carbocycles. The third-order valence-electron chi connectivity index (χ3n) is 1.86. The Morgan fingerprint density at radius 1 is 1.47 bits per heavy atom. The van der Waals surface area contributed by atoms with Crippen LogP contribution in [0, 0.1) is 0 Å². The largest absolute Gasteiger partial charge is 0.476 e. The lowest BCUT2D eigenvalue weighted by Crippen LogP contribution is -2.10. The first-order valence-electron chi connectivity index (χ1n) is 4.68. The molecular formula is C8H9N7O2. The van der Waals surface area contributed by atoms with Crippen LogP contribution in [0.25, 0.3) is 0 Å². The van der Waals surface area contributed by atoms with Gasteiger partial charge in [0.05, 0.1) is 13.6 Å². The van der Waals surface area contributed by atoms with Crippen molar-refractivity contribution in [2.45, 2.75) is 6.54 Å². The Morgan fingerprint density at radius 3 is 2.88 bits per heavy atom. The number of hydrogen-bond acceptors (Lipinski definition) is 7. The number of rotatable bonds is 4. The number of carbonyl (C=O) groups is 1. The van der Waals surface area contributed by atoms with Crippen LogP contribution in [0.1, 0.15) is 16.3 Å². The fourth-order valence-corrected chi connectivity index (χ4v) is 1.18. The van der Waals surface area contributed by atoms with Crippen LogP contribution < -0.4 is 5.32 Å². The van der Waals surface area contributed by atoms with Crippen LogP contribution in [-0.4, -0.2) is 41.3 Å². The second-order valence-corrected chi connectivity index (χ2v) is 3.11. The van der Waals surface area contributed by atoms with Crippen molar-refractivity contribution in [3.05, 3.63) is 23.9 Å². The minimum absolute atomic E-state index is 0.142. The molecule has 9 nitrogen and oxygen atoms in total. The van der Waals surface area contributed by atoms with Crippen molar-refractivity contribution in [2.75, 3.05) is 5.32 Å². The van der Waals surface area contributed by atoms with Crippen LogP contribution in [0.3, 0.4) is 0 Å². The fourth-order valence-electron chi connectivity index (χ4n) is 1.18. The number of aromatic carboxylic acids is 1. The Labute approximate surface area is 95.5 Å². The van der Waals surface area contributed by atoms with E-state index in [1.54, 1.807) is 7.05 Å². The van der Waals surface area contributed by atoms with E-state index in [9.17, 15) is 4.79 Å². The zero-order valence-corrected chi connectivity index (χ0v) is 8.90. The van der Waals surface area contributed by atoms with Crippen molar-refractivity contribution in [3.8, 4) is 0 Å². The predicted molar refractivity (Wildman–Crippen MR) is 55.1 cm³/mol. The molecule has 0 saturated heterocycles. The van der Waals surface area contributed by atoms with Gasteiger partial charge >= 0.3 is 5.97 Å². The molecule has 9 heteroatoms. The molecule has 0 aliphatic carbocycles. The molecule has 0 bridgehead atoms. The zero-order valence-electron chi connectivity index (χ0n) is 8.90. The van der Waals surface area contributed by atoms with Crippen LogP contribution in [0.4, 0.5) is 5.82 Å². The zero-order chi connectivity index (χ0) is 12.3. The van der Waals surface area contributed by atoms with E-state index in [1.807, 2.05) is 0 Å². The Bertz CT molecular complexity index is 538. The Balaban J connectivity index is 2.11. The second kappa shape index (κ2) is 4.51. The fraction of sp³-hybridized carbons (Fsp3) is 0.250. The van der Waals surface area contributed by atoms with Gasteiger partial charge in [-0.25, -0.2) is 14.8 Å². The molecule has 0 atom stereocenters. The third kappa shape index (κ3) is 2.51. The lowest BCUT2D eigenvalue weighted by Gasteiger charge is -2.04. The lowest BCUT2D eigenvalue weighted by molar-refractivity contribution is 0.0691. The molecule has 88 valence electrons. The van der Waals surface area contributed by atoms with Gasteiger partial charge in [0, 0.05) is 12.4 Å². The maximum absolute atomic E-state index is 10.8. The average molecular weight is 235 g/mol. The highest BCUT2D eigenvalue weighted by Crippen LogP contribution is 2.08. The van der Waals surface area contributed by atoms with Crippen molar-refractivity contribution < 1.29 is 9.90 Å². The molecule has 0 aliphatic heterocycles. The van der Waals surface area contributed by atoms with Crippen molar-refractivity contribution in [1.82, 2.24) is 30.2 Å². The molecule has 17 heavy (non-hydrogen) atoms. The highest BCUT2D eigenvalue weighted by molar-refractivity contribution is 5.90.